The van der Waals surface area contributed by atoms with E-state index in [9.17, 15) is 25.1 Å². The third-order valence-electron chi connectivity index (χ3n) is 3.59. The monoisotopic (exact) mass is 327 g/mol. The number of benzene rings is 1. The SMILES string of the molecule is N#CC(=C1C(O)=c2ccccc2=C1O)C1C(=O)NC(=S)NC1=O. The van der Waals surface area contributed by atoms with Gasteiger partial charge in [-0.05, 0) is 12.2 Å². The van der Waals surface area contributed by atoms with Gasteiger partial charge < -0.3 is 20.8 Å². The van der Waals surface area contributed by atoms with Gasteiger partial charge in [0.2, 0.25) is 11.8 Å². The molecule has 8 heteroatoms. The predicted octanol–water partition coefficient (Wildman–Crippen LogP) is -1.00. The van der Waals surface area contributed by atoms with E-state index < -0.39 is 17.7 Å². The minimum absolute atomic E-state index is 0.158. The maximum absolute atomic E-state index is 12.0. The van der Waals surface area contributed by atoms with E-state index in [4.69, 9.17) is 12.2 Å². The maximum Gasteiger partial charge on any atom is 0.244 e. The van der Waals surface area contributed by atoms with Crippen molar-refractivity contribution in [2.45, 2.75) is 0 Å². The fourth-order valence-electron chi connectivity index (χ4n) is 2.58. The first-order valence-electron chi connectivity index (χ1n) is 6.48. The number of carbonyl (C=O) groups excluding carboxylic acids is 2. The van der Waals surface area contributed by atoms with Crippen molar-refractivity contribution in [3.63, 3.8) is 0 Å². The number of thiocarbonyl (C=S) groups is 1. The number of amides is 2. The minimum Gasteiger partial charge on any atom is -0.506 e. The van der Waals surface area contributed by atoms with Gasteiger partial charge in [0.15, 0.2) is 11.0 Å². The summed E-state index contributed by atoms with van der Waals surface area (Å²) in [5, 5.41) is 35.0. The van der Waals surface area contributed by atoms with Crippen molar-refractivity contribution in [3.05, 3.63) is 45.8 Å². The molecule has 0 aromatic heterocycles. The Morgan fingerprint density at radius 1 is 1.09 bits per heavy atom. The van der Waals surface area contributed by atoms with E-state index in [2.05, 4.69) is 10.6 Å². The molecule has 7 nitrogen and oxygen atoms in total. The van der Waals surface area contributed by atoms with Crippen LogP contribution in [0.3, 0.4) is 0 Å². The Kier molecular flexibility index (Phi) is 3.35. The van der Waals surface area contributed by atoms with Crippen molar-refractivity contribution in [1.82, 2.24) is 10.6 Å². The Morgan fingerprint density at radius 3 is 2.00 bits per heavy atom. The average molecular weight is 327 g/mol. The molecule has 1 heterocycles. The molecule has 0 saturated carbocycles. The molecule has 1 fully saturated rings. The molecule has 0 atom stereocenters. The van der Waals surface area contributed by atoms with Gasteiger partial charge in [-0.25, -0.2) is 0 Å². The van der Waals surface area contributed by atoms with Crippen molar-refractivity contribution in [3.8, 4) is 6.07 Å². The number of fused-ring (bicyclic) bond motifs is 1. The zero-order chi connectivity index (χ0) is 16.7. The molecule has 3 rings (SSSR count). The highest BCUT2D eigenvalue weighted by molar-refractivity contribution is 7.80. The van der Waals surface area contributed by atoms with Crippen molar-refractivity contribution in [1.29, 1.82) is 5.26 Å². The van der Waals surface area contributed by atoms with Gasteiger partial charge in [-0.1, -0.05) is 24.3 Å². The van der Waals surface area contributed by atoms with Crippen LogP contribution in [0.5, 0.6) is 0 Å². The zero-order valence-corrected chi connectivity index (χ0v) is 12.3. The van der Waals surface area contributed by atoms with Gasteiger partial charge in [0.1, 0.15) is 11.5 Å². The van der Waals surface area contributed by atoms with E-state index >= 15 is 0 Å². The van der Waals surface area contributed by atoms with Crippen molar-refractivity contribution >= 4 is 40.7 Å². The lowest BCUT2D eigenvalue weighted by atomic mass is 9.91. The summed E-state index contributed by atoms with van der Waals surface area (Å²) >= 11 is 4.70. The second-order valence-corrected chi connectivity index (χ2v) is 5.29. The average Bonchev–Trinajstić information content (AvgIpc) is 2.75. The number of aliphatic hydroxyl groups excluding tert-OH is 2. The van der Waals surface area contributed by atoms with Gasteiger partial charge in [0.25, 0.3) is 0 Å². The molecule has 0 bridgehead atoms. The van der Waals surface area contributed by atoms with Crippen molar-refractivity contribution in [2.75, 3.05) is 0 Å². The summed E-state index contributed by atoms with van der Waals surface area (Å²) in [4.78, 5) is 24.1. The first-order chi connectivity index (χ1) is 11.0. The largest absolute Gasteiger partial charge is 0.506 e. The first-order valence-corrected chi connectivity index (χ1v) is 6.88. The molecule has 1 aromatic carbocycles. The number of carbonyl (C=O) groups is 2. The van der Waals surface area contributed by atoms with Crippen molar-refractivity contribution in [2.24, 2.45) is 5.92 Å². The summed E-state index contributed by atoms with van der Waals surface area (Å²) in [7, 11) is 0. The van der Waals surface area contributed by atoms with Crippen LogP contribution < -0.4 is 21.1 Å². The molecule has 1 saturated heterocycles. The zero-order valence-electron chi connectivity index (χ0n) is 11.5. The van der Waals surface area contributed by atoms with E-state index in [0.717, 1.165) is 0 Å². The summed E-state index contributed by atoms with van der Waals surface area (Å²) < 4.78 is 0. The van der Waals surface area contributed by atoms with E-state index in [1.54, 1.807) is 30.3 Å². The normalized spacial score (nSPS) is 17.5. The lowest BCUT2D eigenvalue weighted by Gasteiger charge is -2.22. The van der Waals surface area contributed by atoms with Crippen LogP contribution in [0.25, 0.3) is 11.5 Å². The molecule has 0 spiro atoms. The second-order valence-electron chi connectivity index (χ2n) is 4.88. The minimum atomic E-state index is -1.51. The molecular weight excluding hydrogens is 318 g/mol. The highest BCUT2D eigenvalue weighted by atomic mass is 32.1. The molecule has 2 amide bonds. The van der Waals surface area contributed by atoms with Crippen LogP contribution in [0.4, 0.5) is 0 Å². The molecule has 1 aliphatic carbocycles. The number of aliphatic hydroxyl groups is 2. The molecule has 2 aliphatic rings. The number of nitriles is 1. The van der Waals surface area contributed by atoms with Crippen LogP contribution >= 0.6 is 12.2 Å². The van der Waals surface area contributed by atoms with Crippen LogP contribution in [0.2, 0.25) is 0 Å². The molecule has 1 aliphatic heterocycles. The fourth-order valence-corrected chi connectivity index (χ4v) is 2.78. The highest BCUT2D eigenvalue weighted by Gasteiger charge is 2.39. The topological polar surface area (TPSA) is 122 Å². The Bertz CT molecular complexity index is 908. The Hall–Kier alpha value is -3.18. The second kappa shape index (κ2) is 5.23. The van der Waals surface area contributed by atoms with Gasteiger partial charge in [-0.15, -0.1) is 0 Å². The standard InChI is InChI=1S/C15H9N3O4S/c16-5-8(10-13(21)17-15(23)18-14(10)22)9-11(19)6-3-1-2-4-7(6)12(9)20/h1-4,10,19-20H,(H2,17,18,21,22,23). The van der Waals surface area contributed by atoms with Crippen LogP contribution in [-0.2, 0) is 9.59 Å². The maximum atomic E-state index is 12.0. The Balaban J connectivity index is 2.27. The van der Waals surface area contributed by atoms with Crippen LogP contribution in [0.15, 0.2) is 35.4 Å². The predicted molar refractivity (Wildman–Crippen MR) is 82.8 cm³/mol. The molecule has 114 valence electrons. The van der Waals surface area contributed by atoms with Crippen LogP contribution in [-0.4, -0.2) is 27.1 Å². The third-order valence-corrected chi connectivity index (χ3v) is 3.79. The van der Waals surface area contributed by atoms with E-state index in [0.29, 0.717) is 10.4 Å². The molecular formula is C15H9N3O4S. The van der Waals surface area contributed by atoms with Crippen LogP contribution in [0, 0.1) is 17.2 Å². The summed E-state index contributed by atoms with van der Waals surface area (Å²) in [6.07, 6.45) is 0. The number of nitrogens with one attached hydrogen (secondary N) is 2. The first kappa shape index (κ1) is 14.7. The van der Waals surface area contributed by atoms with Crippen LogP contribution in [0.1, 0.15) is 0 Å². The molecule has 0 radical (unpaired) electrons. The van der Waals surface area contributed by atoms with E-state index in [1.165, 1.54) is 0 Å². The lowest BCUT2D eigenvalue weighted by molar-refractivity contribution is -0.133. The van der Waals surface area contributed by atoms with Crippen molar-refractivity contribution < 1.29 is 19.8 Å². The summed E-state index contributed by atoms with van der Waals surface area (Å²) in [6.45, 7) is 0. The smallest absolute Gasteiger partial charge is 0.244 e. The van der Waals surface area contributed by atoms with Gasteiger partial charge in [-0.2, -0.15) is 5.26 Å². The Labute approximate surface area is 134 Å². The van der Waals surface area contributed by atoms with E-state index in [1.807, 2.05) is 0 Å². The quantitative estimate of drug-likeness (QED) is 0.298. The van der Waals surface area contributed by atoms with Gasteiger partial charge in [0.05, 0.1) is 17.2 Å². The lowest BCUT2D eigenvalue weighted by Crippen LogP contribution is -2.56. The Morgan fingerprint density at radius 2 is 1.57 bits per heavy atom. The molecule has 4 N–H and O–H groups in total. The van der Waals surface area contributed by atoms with Gasteiger partial charge in [0, 0.05) is 10.4 Å². The summed E-state index contributed by atoms with van der Waals surface area (Å²) in [5.41, 5.74) is -0.578. The number of hydrogen-bond acceptors (Lipinski definition) is 6. The third kappa shape index (κ3) is 2.15. The fraction of sp³-hybridized carbons (Fsp3) is 0.0667. The molecule has 1 aromatic rings. The molecule has 0 unspecified atom stereocenters. The number of hydrogen-bond donors (Lipinski definition) is 4. The summed E-state index contributed by atoms with van der Waals surface area (Å²) in [6, 6.07) is 8.14. The molecule has 23 heavy (non-hydrogen) atoms. The summed E-state index contributed by atoms with van der Waals surface area (Å²) in [5.74, 6) is -3.81. The highest BCUT2D eigenvalue weighted by Crippen LogP contribution is 2.28. The number of nitrogens with zero attached hydrogens (tertiary/aromatic N) is 1. The van der Waals surface area contributed by atoms with Gasteiger partial charge >= 0.3 is 0 Å². The van der Waals surface area contributed by atoms with E-state index in [-0.39, 0.29) is 27.8 Å². The number of rotatable bonds is 1. The van der Waals surface area contributed by atoms with Gasteiger partial charge in [-0.3, -0.25) is 9.59 Å².